The minimum absolute atomic E-state index is 0.200. The van der Waals surface area contributed by atoms with Crippen LogP contribution in [0, 0.1) is 11.6 Å². The Hall–Kier alpha value is -3.58. The van der Waals surface area contributed by atoms with Gasteiger partial charge in [-0.05, 0) is 54.1 Å². The standard InChI is InChI=1S/C24H20F2N2O3/c1-29-16-9-6-14(7-10-16)20-13-21-17-4-3-5-22(30-2)23(17)31-24(28(21)27-20)15-8-11-18(25)19(26)12-15/h3-13,21,24,27H,1-2H3. The van der Waals surface area contributed by atoms with Gasteiger partial charge in [-0.15, -0.1) is 0 Å². The Morgan fingerprint density at radius 2 is 1.74 bits per heavy atom. The summed E-state index contributed by atoms with van der Waals surface area (Å²) in [5.74, 6) is 0.0933. The third-order valence-corrected chi connectivity index (χ3v) is 5.53. The molecule has 5 rings (SSSR count). The van der Waals surface area contributed by atoms with E-state index in [0.29, 0.717) is 17.1 Å². The summed E-state index contributed by atoms with van der Waals surface area (Å²) in [4.78, 5) is 0. The molecule has 2 atom stereocenters. The maximum Gasteiger partial charge on any atom is 0.196 e. The molecule has 0 saturated heterocycles. The number of nitrogens with zero attached hydrogens (tertiary/aromatic N) is 1. The number of benzene rings is 3. The molecule has 2 aliphatic rings. The second-order valence-electron chi connectivity index (χ2n) is 7.30. The van der Waals surface area contributed by atoms with Gasteiger partial charge in [-0.25, -0.2) is 8.78 Å². The van der Waals surface area contributed by atoms with Gasteiger partial charge in [0.25, 0.3) is 0 Å². The van der Waals surface area contributed by atoms with Crippen LogP contribution in [0.1, 0.15) is 29.0 Å². The van der Waals surface area contributed by atoms with Crippen LogP contribution in [-0.4, -0.2) is 19.2 Å². The van der Waals surface area contributed by atoms with Gasteiger partial charge in [-0.3, -0.25) is 0 Å². The van der Waals surface area contributed by atoms with E-state index in [4.69, 9.17) is 14.2 Å². The van der Waals surface area contributed by atoms with Crippen LogP contribution in [0.15, 0.2) is 66.7 Å². The lowest BCUT2D eigenvalue weighted by atomic mass is 10.00. The lowest BCUT2D eigenvalue weighted by molar-refractivity contribution is -0.0345. The molecular weight excluding hydrogens is 402 g/mol. The van der Waals surface area contributed by atoms with Crippen molar-refractivity contribution in [1.82, 2.24) is 10.4 Å². The number of rotatable bonds is 4. The fraction of sp³-hybridized carbons (Fsp3) is 0.167. The molecule has 0 amide bonds. The number of halogens is 2. The molecule has 3 aromatic carbocycles. The van der Waals surface area contributed by atoms with Gasteiger partial charge in [0.1, 0.15) is 5.75 Å². The largest absolute Gasteiger partial charge is 0.497 e. The van der Waals surface area contributed by atoms with E-state index in [1.807, 2.05) is 47.5 Å². The Labute approximate surface area is 178 Å². The summed E-state index contributed by atoms with van der Waals surface area (Å²) in [5.41, 5.74) is 6.61. The zero-order valence-electron chi connectivity index (χ0n) is 16.9. The van der Waals surface area contributed by atoms with E-state index in [2.05, 4.69) is 11.5 Å². The number of hydrogen-bond acceptors (Lipinski definition) is 5. The molecule has 0 spiro atoms. The highest BCUT2D eigenvalue weighted by Gasteiger charge is 2.41. The molecule has 5 nitrogen and oxygen atoms in total. The van der Waals surface area contributed by atoms with Gasteiger partial charge < -0.3 is 19.6 Å². The molecule has 0 aliphatic carbocycles. The van der Waals surface area contributed by atoms with Crippen LogP contribution in [0.2, 0.25) is 0 Å². The van der Waals surface area contributed by atoms with Gasteiger partial charge in [-0.2, -0.15) is 5.01 Å². The third-order valence-electron chi connectivity index (χ3n) is 5.53. The van der Waals surface area contributed by atoms with Gasteiger partial charge in [0.2, 0.25) is 0 Å². The molecule has 0 bridgehead atoms. The van der Waals surface area contributed by atoms with E-state index < -0.39 is 17.9 Å². The molecule has 2 heterocycles. The molecule has 0 radical (unpaired) electrons. The molecule has 0 aromatic heterocycles. The molecule has 1 N–H and O–H groups in total. The van der Waals surface area contributed by atoms with Crippen molar-refractivity contribution in [1.29, 1.82) is 0 Å². The molecular formula is C24H20F2N2O3. The predicted octanol–water partition coefficient (Wildman–Crippen LogP) is 4.98. The number of ether oxygens (including phenoxy) is 3. The average molecular weight is 422 g/mol. The summed E-state index contributed by atoms with van der Waals surface area (Å²) < 4.78 is 44.6. The number of methoxy groups -OCH3 is 2. The van der Waals surface area contributed by atoms with Gasteiger partial charge in [0.15, 0.2) is 29.4 Å². The van der Waals surface area contributed by atoms with E-state index >= 15 is 0 Å². The van der Waals surface area contributed by atoms with Crippen molar-refractivity contribution < 1.29 is 23.0 Å². The summed E-state index contributed by atoms with van der Waals surface area (Å²) in [6.07, 6.45) is 1.38. The lowest BCUT2D eigenvalue weighted by Crippen LogP contribution is -2.43. The number of hydrogen-bond donors (Lipinski definition) is 1. The Kier molecular flexibility index (Phi) is 4.75. The SMILES string of the molecule is COc1ccc(C2=CC3c4cccc(OC)c4OC(c4ccc(F)c(F)c4)N3N2)cc1. The van der Waals surface area contributed by atoms with Crippen LogP contribution >= 0.6 is 0 Å². The van der Waals surface area contributed by atoms with E-state index in [1.165, 1.54) is 6.07 Å². The second-order valence-corrected chi connectivity index (χ2v) is 7.30. The summed E-state index contributed by atoms with van der Waals surface area (Å²) in [6, 6.07) is 16.9. The van der Waals surface area contributed by atoms with Crippen molar-refractivity contribution in [3.8, 4) is 17.2 Å². The Balaban J connectivity index is 1.59. The topological polar surface area (TPSA) is 43.0 Å². The monoisotopic (exact) mass is 422 g/mol. The first-order valence-corrected chi connectivity index (χ1v) is 9.79. The molecule has 158 valence electrons. The first-order chi connectivity index (χ1) is 15.1. The van der Waals surface area contributed by atoms with Crippen molar-refractivity contribution in [2.24, 2.45) is 0 Å². The van der Waals surface area contributed by atoms with Crippen LogP contribution in [0.5, 0.6) is 17.2 Å². The highest BCUT2D eigenvalue weighted by Crippen LogP contribution is 2.49. The molecule has 2 aliphatic heterocycles. The lowest BCUT2D eigenvalue weighted by Gasteiger charge is -2.39. The average Bonchev–Trinajstić information content (AvgIpc) is 3.26. The van der Waals surface area contributed by atoms with Gasteiger partial charge in [-0.1, -0.05) is 18.2 Å². The highest BCUT2D eigenvalue weighted by molar-refractivity contribution is 5.68. The minimum Gasteiger partial charge on any atom is -0.497 e. The minimum atomic E-state index is -0.925. The quantitative estimate of drug-likeness (QED) is 0.643. The fourth-order valence-corrected chi connectivity index (χ4v) is 3.98. The fourth-order valence-electron chi connectivity index (χ4n) is 3.98. The van der Waals surface area contributed by atoms with Crippen molar-refractivity contribution in [2.75, 3.05) is 14.2 Å². The third kappa shape index (κ3) is 3.27. The maximum absolute atomic E-state index is 14.0. The molecule has 3 aromatic rings. The van der Waals surface area contributed by atoms with Crippen LogP contribution in [0.4, 0.5) is 8.78 Å². The van der Waals surface area contributed by atoms with Crippen molar-refractivity contribution in [3.63, 3.8) is 0 Å². The number of fused-ring (bicyclic) bond motifs is 3. The molecule has 7 heteroatoms. The first kappa shape index (κ1) is 19.4. The number of para-hydroxylation sites is 1. The van der Waals surface area contributed by atoms with Crippen LogP contribution in [0.25, 0.3) is 5.70 Å². The van der Waals surface area contributed by atoms with Gasteiger partial charge in [0.05, 0.1) is 26.0 Å². The first-order valence-electron chi connectivity index (χ1n) is 9.79. The smallest absolute Gasteiger partial charge is 0.196 e. The summed E-state index contributed by atoms with van der Waals surface area (Å²) in [6.45, 7) is 0. The maximum atomic E-state index is 14.0. The van der Waals surface area contributed by atoms with Gasteiger partial charge in [0, 0.05) is 11.1 Å². The number of nitrogens with one attached hydrogen (secondary N) is 1. The Morgan fingerprint density at radius 3 is 2.45 bits per heavy atom. The van der Waals surface area contributed by atoms with Crippen molar-refractivity contribution >= 4 is 5.70 Å². The Bertz CT molecular complexity index is 1160. The van der Waals surface area contributed by atoms with E-state index in [-0.39, 0.29) is 6.04 Å². The van der Waals surface area contributed by atoms with Crippen LogP contribution in [-0.2, 0) is 0 Å². The number of hydrazine groups is 1. The van der Waals surface area contributed by atoms with Crippen LogP contribution < -0.4 is 19.6 Å². The molecule has 0 saturated carbocycles. The summed E-state index contributed by atoms with van der Waals surface area (Å²) in [5, 5.41) is 1.88. The zero-order chi connectivity index (χ0) is 21.5. The van der Waals surface area contributed by atoms with E-state index in [0.717, 1.165) is 34.7 Å². The van der Waals surface area contributed by atoms with Crippen LogP contribution in [0.3, 0.4) is 0 Å². The summed E-state index contributed by atoms with van der Waals surface area (Å²) in [7, 11) is 3.19. The molecule has 31 heavy (non-hydrogen) atoms. The van der Waals surface area contributed by atoms with Crippen molar-refractivity contribution in [2.45, 2.75) is 12.3 Å². The predicted molar refractivity (Wildman–Crippen MR) is 111 cm³/mol. The van der Waals surface area contributed by atoms with Gasteiger partial charge >= 0.3 is 0 Å². The normalized spacial score (nSPS) is 19.5. The molecule has 2 unspecified atom stereocenters. The molecule has 0 fully saturated rings. The second kappa shape index (κ2) is 7.59. The zero-order valence-corrected chi connectivity index (χ0v) is 16.9. The van der Waals surface area contributed by atoms with Crippen molar-refractivity contribution in [3.05, 3.63) is 95.1 Å². The summed E-state index contributed by atoms with van der Waals surface area (Å²) >= 11 is 0. The Morgan fingerprint density at radius 1 is 0.935 bits per heavy atom. The van der Waals surface area contributed by atoms with E-state index in [1.54, 1.807) is 14.2 Å². The highest BCUT2D eigenvalue weighted by atomic mass is 19.2. The van der Waals surface area contributed by atoms with E-state index in [9.17, 15) is 8.78 Å².